The number of nitrogens with one attached hydrogen (secondary N) is 2. The molecule has 1 aromatic heterocycles. The number of ether oxygens (including phenoxy) is 1. The maximum absolute atomic E-state index is 12.0. The predicted octanol–water partition coefficient (Wildman–Crippen LogP) is -0.484. The number of anilines is 1. The molecule has 124 valence electrons. The second kappa shape index (κ2) is 6.91. The van der Waals surface area contributed by atoms with Gasteiger partial charge in [0, 0.05) is 31.3 Å². The summed E-state index contributed by atoms with van der Waals surface area (Å²) in [5.41, 5.74) is 0.861. The Morgan fingerprint density at radius 2 is 2.22 bits per heavy atom. The van der Waals surface area contributed by atoms with Crippen LogP contribution < -0.4 is 15.5 Å². The zero-order valence-electron chi connectivity index (χ0n) is 13.2. The summed E-state index contributed by atoms with van der Waals surface area (Å²) in [6.45, 7) is 5.15. The Bertz CT molecular complexity index is 601. The van der Waals surface area contributed by atoms with Gasteiger partial charge in [-0.2, -0.15) is 0 Å². The minimum atomic E-state index is -0.439. The van der Waals surface area contributed by atoms with Crippen LogP contribution in [0.1, 0.15) is 24.4 Å². The molecule has 3 heterocycles. The van der Waals surface area contributed by atoms with Crippen molar-refractivity contribution in [3.05, 3.63) is 17.6 Å². The number of amides is 2. The fourth-order valence-corrected chi connectivity index (χ4v) is 2.75. The van der Waals surface area contributed by atoms with Crippen LogP contribution in [0.5, 0.6) is 0 Å². The number of morpholine rings is 1. The molecule has 8 nitrogen and oxygen atoms in total. The van der Waals surface area contributed by atoms with Crippen LogP contribution in [0.4, 0.5) is 5.82 Å². The van der Waals surface area contributed by atoms with E-state index in [1.807, 2.05) is 13.0 Å². The lowest BCUT2D eigenvalue weighted by Gasteiger charge is -2.28. The molecule has 8 heteroatoms. The Hall–Kier alpha value is -2.22. The number of hydrogen-bond acceptors (Lipinski definition) is 6. The van der Waals surface area contributed by atoms with Gasteiger partial charge in [0.05, 0.1) is 19.8 Å². The molecule has 2 saturated heterocycles. The third kappa shape index (κ3) is 3.95. The zero-order chi connectivity index (χ0) is 16.2. The van der Waals surface area contributed by atoms with Gasteiger partial charge in [-0.15, -0.1) is 0 Å². The molecule has 0 saturated carbocycles. The van der Waals surface area contributed by atoms with Crippen molar-refractivity contribution in [3.63, 3.8) is 0 Å². The summed E-state index contributed by atoms with van der Waals surface area (Å²) in [7, 11) is 0. The first kappa shape index (κ1) is 15.7. The van der Waals surface area contributed by atoms with Crippen molar-refractivity contribution in [2.75, 3.05) is 31.2 Å². The number of aryl methyl sites for hydroxylation is 1. The molecule has 0 bridgehead atoms. The summed E-state index contributed by atoms with van der Waals surface area (Å²) in [5, 5.41) is 5.45. The monoisotopic (exact) mass is 319 g/mol. The number of hydrogen-bond donors (Lipinski definition) is 2. The number of carbonyl (C=O) groups excluding carboxylic acids is 2. The molecule has 2 aliphatic rings. The lowest BCUT2D eigenvalue weighted by atomic mass is 10.2. The van der Waals surface area contributed by atoms with E-state index >= 15 is 0 Å². The van der Waals surface area contributed by atoms with Gasteiger partial charge >= 0.3 is 0 Å². The average Bonchev–Trinajstić information content (AvgIpc) is 2.99. The Morgan fingerprint density at radius 3 is 2.91 bits per heavy atom. The molecule has 23 heavy (non-hydrogen) atoms. The topological polar surface area (TPSA) is 96.5 Å². The van der Waals surface area contributed by atoms with E-state index in [2.05, 4.69) is 25.5 Å². The van der Waals surface area contributed by atoms with E-state index in [4.69, 9.17) is 4.74 Å². The van der Waals surface area contributed by atoms with Crippen molar-refractivity contribution in [1.82, 2.24) is 20.6 Å². The lowest BCUT2D eigenvalue weighted by Crippen LogP contribution is -2.41. The zero-order valence-corrected chi connectivity index (χ0v) is 13.2. The average molecular weight is 319 g/mol. The third-order valence-electron chi connectivity index (χ3n) is 3.95. The molecule has 1 unspecified atom stereocenters. The molecule has 0 aromatic carbocycles. The molecule has 2 fully saturated rings. The first-order valence-electron chi connectivity index (χ1n) is 7.86. The van der Waals surface area contributed by atoms with E-state index in [0.717, 1.165) is 24.6 Å². The highest BCUT2D eigenvalue weighted by Crippen LogP contribution is 2.14. The Morgan fingerprint density at radius 1 is 1.43 bits per heavy atom. The molecule has 1 atom stereocenters. The Kier molecular flexibility index (Phi) is 4.71. The minimum Gasteiger partial charge on any atom is -0.378 e. The van der Waals surface area contributed by atoms with Gasteiger partial charge in [0.2, 0.25) is 11.8 Å². The van der Waals surface area contributed by atoms with Gasteiger partial charge in [0.25, 0.3) is 0 Å². The first-order valence-corrected chi connectivity index (χ1v) is 7.86. The molecule has 1 aromatic rings. The second-order valence-electron chi connectivity index (χ2n) is 5.76. The van der Waals surface area contributed by atoms with Gasteiger partial charge in [0.1, 0.15) is 17.7 Å². The van der Waals surface area contributed by atoms with Crippen molar-refractivity contribution < 1.29 is 14.3 Å². The number of aromatic nitrogens is 2. The highest BCUT2D eigenvalue weighted by molar-refractivity contribution is 5.90. The molecule has 0 spiro atoms. The van der Waals surface area contributed by atoms with Crippen LogP contribution in [-0.2, 0) is 20.9 Å². The van der Waals surface area contributed by atoms with Crippen molar-refractivity contribution in [1.29, 1.82) is 0 Å². The van der Waals surface area contributed by atoms with E-state index in [1.54, 1.807) is 0 Å². The molecular weight excluding hydrogens is 298 g/mol. The molecule has 3 rings (SSSR count). The van der Waals surface area contributed by atoms with E-state index in [0.29, 0.717) is 31.9 Å². The Balaban J connectivity index is 1.62. The molecule has 0 radical (unpaired) electrons. The fraction of sp³-hybridized carbons (Fsp3) is 0.600. The maximum atomic E-state index is 12.0. The number of rotatable bonds is 4. The van der Waals surface area contributed by atoms with E-state index in [-0.39, 0.29) is 18.4 Å². The Labute approximate surface area is 134 Å². The maximum Gasteiger partial charge on any atom is 0.242 e. The van der Waals surface area contributed by atoms with Crippen molar-refractivity contribution in [2.45, 2.75) is 32.4 Å². The van der Waals surface area contributed by atoms with Gasteiger partial charge in [-0.25, -0.2) is 9.97 Å². The van der Waals surface area contributed by atoms with Crippen LogP contribution in [-0.4, -0.2) is 54.1 Å². The smallest absolute Gasteiger partial charge is 0.242 e. The molecule has 0 aliphatic carbocycles. The summed E-state index contributed by atoms with van der Waals surface area (Å²) in [6.07, 6.45) is 0.943. The third-order valence-corrected chi connectivity index (χ3v) is 3.95. The van der Waals surface area contributed by atoms with E-state index in [1.165, 1.54) is 0 Å². The normalized spacial score (nSPS) is 21.2. The quantitative estimate of drug-likeness (QED) is 0.778. The van der Waals surface area contributed by atoms with Crippen molar-refractivity contribution in [2.24, 2.45) is 0 Å². The summed E-state index contributed by atoms with van der Waals surface area (Å²) in [5.74, 6) is 1.17. The van der Waals surface area contributed by atoms with Gasteiger partial charge in [-0.05, 0) is 13.3 Å². The summed E-state index contributed by atoms with van der Waals surface area (Å²) in [4.78, 5) is 34.2. The molecule has 2 amide bonds. The van der Waals surface area contributed by atoms with Crippen LogP contribution in [0.2, 0.25) is 0 Å². The summed E-state index contributed by atoms with van der Waals surface area (Å²) in [6, 6.07) is 1.50. The summed E-state index contributed by atoms with van der Waals surface area (Å²) < 4.78 is 5.35. The van der Waals surface area contributed by atoms with Gasteiger partial charge in [-0.1, -0.05) is 0 Å². The molecule has 2 N–H and O–H groups in total. The van der Waals surface area contributed by atoms with Gasteiger partial charge in [-0.3, -0.25) is 9.59 Å². The fourth-order valence-electron chi connectivity index (χ4n) is 2.75. The first-order chi connectivity index (χ1) is 11.1. The van der Waals surface area contributed by atoms with Crippen LogP contribution >= 0.6 is 0 Å². The van der Waals surface area contributed by atoms with Crippen molar-refractivity contribution in [3.8, 4) is 0 Å². The molecule has 2 aliphatic heterocycles. The SMILES string of the molecule is Cc1cc(N2CCOCC2)nc(CNC(=O)C2CCC(=O)N2)n1. The van der Waals surface area contributed by atoms with Crippen LogP contribution in [0.3, 0.4) is 0 Å². The van der Waals surface area contributed by atoms with Crippen LogP contribution in [0.15, 0.2) is 6.07 Å². The highest BCUT2D eigenvalue weighted by Gasteiger charge is 2.27. The predicted molar refractivity (Wildman–Crippen MR) is 82.8 cm³/mol. The van der Waals surface area contributed by atoms with Crippen LogP contribution in [0.25, 0.3) is 0 Å². The van der Waals surface area contributed by atoms with Crippen molar-refractivity contribution >= 4 is 17.6 Å². The van der Waals surface area contributed by atoms with Crippen LogP contribution in [0, 0.1) is 6.92 Å². The highest BCUT2D eigenvalue weighted by atomic mass is 16.5. The van der Waals surface area contributed by atoms with Gasteiger partial charge in [0.15, 0.2) is 0 Å². The largest absolute Gasteiger partial charge is 0.378 e. The number of nitrogens with zero attached hydrogens (tertiary/aromatic N) is 3. The second-order valence-corrected chi connectivity index (χ2v) is 5.76. The number of carbonyl (C=O) groups is 2. The minimum absolute atomic E-state index is 0.0773. The van der Waals surface area contributed by atoms with E-state index < -0.39 is 6.04 Å². The molecular formula is C15H21N5O3. The standard InChI is InChI=1S/C15H21N5O3/c1-10-8-13(20-4-6-23-7-5-20)19-12(17-10)9-16-15(22)11-2-3-14(21)18-11/h8,11H,2-7,9H2,1H3,(H,16,22)(H,18,21). The van der Waals surface area contributed by atoms with Gasteiger partial charge < -0.3 is 20.3 Å². The lowest BCUT2D eigenvalue weighted by molar-refractivity contribution is -0.125. The van der Waals surface area contributed by atoms with E-state index in [9.17, 15) is 9.59 Å². The summed E-state index contributed by atoms with van der Waals surface area (Å²) >= 11 is 0.